The highest BCUT2D eigenvalue weighted by Gasteiger charge is 2.47. The van der Waals surface area contributed by atoms with Crippen molar-refractivity contribution >= 4 is 0 Å². The smallest absolute Gasteiger partial charge is 0.0726 e. The summed E-state index contributed by atoms with van der Waals surface area (Å²) in [5.41, 5.74) is 0. The molecule has 2 rings (SSSR count). The zero-order chi connectivity index (χ0) is 8.01. The molecule has 2 bridgehead atoms. The molecule has 0 heterocycles. The van der Waals surface area contributed by atoms with Gasteiger partial charge in [0, 0.05) is 6.04 Å². The molecule has 2 aliphatic rings. The maximum Gasteiger partial charge on any atom is 0.0726 e. The van der Waals surface area contributed by atoms with Crippen LogP contribution in [-0.2, 0) is 0 Å². The van der Waals surface area contributed by atoms with Crippen LogP contribution < -0.4 is 0 Å². The van der Waals surface area contributed by atoms with Crippen molar-refractivity contribution in [3.05, 3.63) is 0 Å². The highest BCUT2D eigenvalue weighted by atomic mass is 16.3. The Hall–Kier alpha value is -0.0800. The Morgan fingerprint density at radius 3 is 2.18 bits per heavy atom. The van der Waals surface area contributed by atoms with Crippen LogP contribution in [0.5, 0.6) is 0 Å². The third-order valence-electron chi connectivity index (χ3n) is 3.43. The quantitative estimate of drug-likeness (QED) is 0.602. The van der Waals surface area contributed by atoms with Crippen molar-refractivity contribution in [3.63, 3.8) is 0 Å². The largest absolute Gasteiger partial charge is 0.391 e. The predicted molar refractivity (Wildman–Crippen MR) is 44.3 cm³/mol. The molecule has 0 radical (unpaired) electrons. The molecule has 2 nitrogen and oxygen atoms in total. The fraction of sp³-hybridized carbons (Fsp3) is 1.00. The Kier molecular flexibility index (Phi) is 1.69. The van der Waals surface area contributed by atoms with E-state index in [1.807, 2.05) is 0 Å². The Morgan fingerprint density at radius 1 is 1.18 bits per heavy atom. The second-order valence-electron chi connectivity index (χ2n) is 4.28. The van der Waals surface area contributed by atoms with Crippen molar-refractivity contribution in [2.45, 2.75) is 31.4 Å². The number of nitrogens with zero attached hydrogens (tertiary/aromatic N) is 1. The molecular weight excluding hydrogens is 138 g/mol. The van der Waals surface area contributed by atoms with E-state index in [1.165, 1.54) is 19.3 Å². The van der Waals surface area contributed by atoms with E-state index in [-0.39, 0.29) is 6.10 Å². The van der Waals surface area contributed by atoms with Gasteiger partial charge in [0.25, 0.3) is 0 Å². The molecule has 0 aromatic carbocycles. The van der Waals surface area contributed by atoms with Crippen molar-refractivity contribution in [1.82, 2.24) is 4.90 Å². The molecule has 0 unspecified atom stereocenters. The van der Waals surface area contributed by atoms with Crippen molar-refractivity contribution in [2.24, 2.45) is 11.8 Å². The molecule has 2 aliphatic carbocycles. The van der Waals surface area contributed by atoms with Gasteiger partial charge in [-0.05, 0) is 45.2 Å². The van der Waals surface area contributed by atoms with Crippen molar-refractivity contribution in [1.29, 1.82) is 0 Å². The molecule has 2 fully saturated rings. The molecule has 0 aromatic heterocycles. The van der Waals surface area contributed by atoms with Gasteiger partial charge in [0.05, 0.1) is 6.10 Å². The zero-order valence-electron chi connectivity index (χ0n) is 7.33. The monoisotopic (exact) mass is 155 g/mol. The summed E-state index contributed by atoms with van der Waals surface area (Å²) in [7, 11) is 4.16. The summed E-state index contributed by atoms with van der Waals surface area (Å²) in [6.45, 7) is 0. The summed E-state index contributed by atoms with van der Waals surface area (Å²) in [6, 6.07) is 0.453. The second-order valence-corrected chi connectivity index (χ2v) is 4.28. The fourth-order valence-corrected chi connectivity index (χ4v) is 2.96. The zero-order valence-corrected chi connectivity index (χ0v) is 7.33. The summed E-state index contributed by atoms with van der Waals surface area (Å²) in [5, 5.41) is 9.81. The predicted octanol–water partition coefficient (Wildman–Crippen LogP) is 0.707. The first-order chi connectivity index (χ1) is 5.20. The summed E-state index contributed by atoms with van der Waals surface area (Å²) < 4.78 is 0. The van der Waals surface area contributed by atoms with Gasteiger partial charge in [-0.15, -0.1) is 0 Å². The lowest BCUT2D eigenvalue weighted by Gasteiger charge is -2.32. The van der Waals surface area contributed by atoms with Crippen LogP contribution in [-0.4, -0.2) is 36.2 Å². The van der Waals surface area contributed by atoms with E-state index < -0.39 is 0 Å². The van der Waals surface area contributed by atoms with E-state index in [9.17, 15) is 5.11 Å². The highest BCUT2D eigenvalue weighted by Crippen LogP contribution is 2.46. The topological polar surface area (TPSA) is 23.5 Å². The Labute approximate surface area is 68.2 Å². The average molecular weight is 155 g/mol. The number of aliphatic hydroxyl groups is 1. The van der Waals surface area contributed by atoms with Crippen LogP contribution in [0.15, 0.2) is 0 Å². The van der Waals surface area contributed by atoms with Crippen molar-refractivity contribution in [3.8, 4) is 0 Å². The maximum atomic E-state index is 9.81. The van der Waals surface area contributed by atoms with E-state index in [0.717, 1.165) is 5.92 Å². The van der Waals surface area contributed by atoms with Gasteiger partial charge in [0.2, 0.25) is 0 Å². The number of hydrogen-bond donors (Lipinski definition) is 1. The van der Waals surface area contributed by atoms with E-state index in [2.05, 4.69) is 19.0 Å². The third-order valence-corrected chi connectivity index (χ3v) is 3.43. The maximum absolute atomic E-state index is 9.81. The lowest BCUT2D eigenvalue weighted by atomic mass is 9.92. The Bertz CT molecular complexity index is 156. The van der Waals surface area contributed by atoms with Crippen LogP contribution >= 0.6 is 0 Å². The number of hydrogen-bond acceptors (Lipinski definition) is 2. The van der Waals surface area contributed by atoms with Crippen molar-refractivity contribution < 1.29 is 5.11 Å². The fourth-order valence-electron chi connectivity index (χ4n) is 2.96. The molecule has 2 heteroatoms. The summed E-state index contributed by atoms with van der Waals surface area (Å²) >= 11 is 0. The van der Waals surface area contributed by atoms with E-state index in [1.54, 1.807) is 0 Å². The molecular formula is C9H17NO. The average Bonchev–Trinajstić information content (AvgIpc) is 2.44. The van der Waals surface area contributed by atoms with Crippen LogP contribution in [0.3, 0.4) is 0 Å². The molecule has 1 N–H and O–H groups in total. The van der Waals surface area contributed by atoms with Crippen LogP contribution in [0.4, 0.5) is 0 Å². The van der Waals surface area contributed by atoms with Gasteiger partial charge in [0.1, 0.15) is 0 Å². The third kappa shape index (κ3) is 1.00. The molecule has 0 saturated heterocycles. The Balaban J connectivity index is 2.11. The number of likely N-dealkylation sites (N-methyl/N-ethyl adjacent to an activating group) is 1. The molecule has 4 atom stereocenters. The van der Waals surface area contributed by atoms with Crippen LogP contribution in [0.25, 0.3) is 0 Å². The van der Waals surface area contributed by atoms with Gasteiger partial charge >= 0.3 is 0 Å². The first-order valence-corrected chi connectivity index (χ1v) is 4.54. The van der Waals surface area contributed by atoms with Gasteiger partial charge in [-0.3, -0.25) is 0 Å². The van der Waals surface area contributed by atoms with Gasteiger partial charge in [-0.2, -0.15) is 0 Å². The van der Waals surface area contributed by atoms with Crippen LogP contribution in [0, 0.1) is 11.8 Å². The highest BCUT2D eigenvalue weighted by molar-refractivity contribution is 5.00. The van der Waals surface area contributed by atoms with Crippen molar-refractivity contribution in [2.75, 3.05) is 14.1 Å². The van der Waals surface area contributed by atoms with Gasteiger partial charge in [-0.1, -0.05) is 0 Å². The molecule has 0 amide bonds. The second kappa shape index (κ2) is 2.46. The van der Waals surface area contributed by atoms with Crippen LogP contribution in [0.1, 0.15) is 19.3 Å². The number of rotatable bonds is 1. The standard InChI is InChI=1S/C9H17NO/c1-10(2)8-6-3-4-7(5-6)9(8)11/h6-9,11H,3-5H2,1-2H3/t6-,7+,8+,9+/m1/s1. The molecule has 11 heavy (non-hydrogen) atoms. The minimum Gasteiger partial charge on any atom is -0.391 e. The minimum absolute atomic E-state index is 0.0382. The SMILES string of the molecule is CN(C)[C@H]1[C@@H]2CC[C@@H](C2)[C@@H]1O. The Morgan fingerprint density at radius 2 is 1.82 bits per heavy atom. The molecule has 64 valence electrons. The van der Waals surface area contributed by atoms with E-state index in [4.69, 9.17) is 0 Å². The molecule has 0 aromatic rings. The lowest BCUT2D eigenvalue weighted by molar-refractivity contribution is 0.0349. The first kappa shape index (κ1) is 7.56. The number of fused-ring (bicyclic) bond motifs is 2. The summed E-state index contributed by atoms with van der Waals surface area (Å²) in [4.78, 5) is 2.19. The molecule has 0 aliphatic heterocycles. The minimum atomic E-state index is -0.0382. The van der Waals surface area contributed by atoms with E-state index >= 15 is 0 Å². The molecule has 0 spiro atoms. The summed E-state index contributed by atoms with van der Waals surface area (Å²) in [5.74, 6) is 1.40. The summed E-state index contributed by atoms with van der Waals surface area (Å²) in [6.07, 6.45) is 3.83. The van der Waals surface area contributed by atoms with Gasteiger partial charge < -0.3 is 10.0 Å². The van der Waals surface area contributed by atoms with Crippen LogP contribution in [0.2, 0.25) is 0 Å². The molecule has 2 saturated carbocycles. The van der Waals surface area contributed by atoms with Gasteiger partial charge in [0.15, 0.2) is 0 Å². The lowest BCUT2D eigenvalue weighted by Crippen LogP contribution is -2.43. The van der Waals surface area contributed by atoms with Gasteiger partial charge in [-0.25, -0.2) is 0 Å². The normalized spacial score (nSPS) is 49.1. The number of aliphatic hydroxyl groups excluding tert-OH is 1. The first-order valence-electron chi connectivity index (χ1n) is 4.54. The van der Waals surface area contributed by atoms with E-state index in [0.29, 0.717) is 12.0 Å².